The maximum absolute atomic E-state index is 13.0. The summed E-state index contributed by atoms with van der Waals surface area (Å²) in [6, 6.07) is 11.2. The van der Waals surface area contributed by atoms with Gasteiger partial charge in [-0.15, -0.1) is 0 Å². The van der Waals surface area contributed by atoms with Gasteiger partial charge in [-0.3, -0.25) is 9.52 Å². The number of ether oxygens (including phenoxy) is 2. The first kappa shape index (κ1) is 23.5. The molecule has 164 valence electrons. The second-order valence-corrected chi connectivity index (χ2v) is 8.73. The number of benzene rings is 2. The van der Waals surface area contributed by atoms with Gasteiger partial charge in [-0.05, 0) is 55.3 Å². The van der Waals surface area contributed by atoms with Gasteiger partial charge in [-0.1, -0.05) is 26.7 Å². The minimum atomic E-state index is -3.94. The molecule has 2 N–H and O–H groups in total. The number of carbonyl (C=O) groups is 1. The zero-order valence-electron chi connectivity index (χ0n) is 17.9. The van der Waals surface area contributed by atoms with E-state index in [0.717, 1.165) is 12.8 Å². The summed E-state index contributed by atoms with van der Waals surface area (Å²) in [7, 11) is -2.54. The van der Waals surface area contributed by atoms with Crippen LogP contribution in [0.15, 0.2) is 47.4 Å². The Bertz CT molecular complexity index is 943. The van der Waals surface area contributed by atoms with Gasteiger partial charge in [-0.2, -0.15) is 0 Å². The quantitative estimate of drug-likeness (QED) is 0.536. The molecule has 2 aromatic rings. The molecule has 0 saturated heterocycles. The van der Waals surface area contributed by atoms with Gasteiger partial charge in [0.05, 0.1) is 13.7 Å². The van der Waals surface area contributed by atoms with Crippen LogP contribution in [0.25, 0.3) is 0 Å². The Morgan fingerprint density at radius 3 is 2.33 bits per heavy atom. The van der Waals surface area contributed by atoms with Gasteiger partial charge in [0, 0.05) is 17.8 Å². The predicted octanol–water partition coefficient (Wildman–Crippen LogP) is 4.66. The Morgan fingerprint density at radius 2 is 1.73 bits per heavy atom. The number of anilines is 2. The minimum Gasteiger partial charge on any atom is -0.495 e. The molecule has 0 spiro atoms. The minimum absolute atomic E-state index is 0.0571. The summed E-state index contributed by atoms with van der Waals surface area (Å²) in [5.74, 6) is 0.951. The van der Waals surface area contributed by atoms with Crippen LogP contribution in [0.3, 0.4) is 0 Å². The number of hydrogen-bond acceptors (Lipinski definition) is 5. The molecule has 0 radical (unpaired) electrons. The van der Waals surface area contributed by atoms with Crippen molar-refractivity contribution in [2.24, 2.45) is 5.92 Å². The van der Waals surface area contributed by atoms with Crippen LogP contribution in [0.4, 0.5) is 11.4 Å². The number of rotatable bonds is 11. The smallest absolute Gasteiger partial charge is 0.265 e. The van der Waals surface area contributed by atoms with E-state index < -0.39 is 10.0 Å². The van der Waals surface area contributed by atoms with Gasteiger partial charge >= 0.3 is 0 Å². The van der Waals surface area contributed by atoms with Crippen LogP contribution >= 0.6 is 0 Å². The Hall–Kier alpha value is -2.74. The van der Waals surface area contributed by atoms with Crippen molar-refractivity contribution in [2.75, 3.05) is 23.8 Å². The molecule has 0 aliphatic rings. The van der Waals surface area contributed by atoms with Gasteiger partial charge in [-0.25, -0.2) is 8.42 Å². The molecule has 0 aliphatic carbocycles. The van der Waals surface area contributed by atoms with Crippen molar-refractivity contribution in [3.8, 4) is 11.5 Å². The molecule has 1 unspecified atom stereocenters. The average Bonchev–Trinajstić information content (AvgIpc) is 2.69. The molecule has 0 aliphatic heterocycles. The fraction of sp³-hybridized carbons (Fsp3) is 0.409. The summed E-state index contributed by atoms with van der Waals surface area (Å²) in [4.78, 5) is 12.2. The molecule has 1 atom stereocenters. The summed E-state index contributed by atoms with van der Waals surface area (Å²) in [5.41, 5.74) is 0.792. The standard InChI is InChI=1S/C22H30N2O5S/c1-5-7-16(3)14-22(25)23-18-10-13-20(28-4)21(15-18)30(26,27)24-17-8-11-19(12-9-17)29-6-2/h8-13,15-16,24H,5-7,14H2,1-4H3,(H,23,25). The molecule has 0 heterocycles. The summed E-state index contributed by atoms with van der Waals surface area (Å²) >= 11 is 0. The Kier molecular flexibility index (Phi) is 8.53. The monoisotopic (exact) mass is 434 g/mol. The predicted molar refractivity (Wildman–Crippen MR) is 119 cm³/mol. The molecule has 0 aromatic heterocycles. The molecule has 1 amide bonds. The average molecular weight is 435 g/mol. The zero-order valence-corrected chi connectivity index (χ0v) is 18.7. The third-order valence-electron chi connectivity index (χ3n) is 4.47. The number of amides is 1. The maximum atomic E-state index is 13.0. The summed E-state index contributed by atoms with van der Waals surface area (Å²) in [6.07, 6.45) is 2.35. The molecular formula is C22H30N2O5S. The van der Waals surface area contributed by atoms with Gasteiger partial charge < -0.3 is 14.8 Å². The highest BCUT2D eigenvalue weighted by Crippen LogP contribution is 2.29. The molecule has 0 bridgehead atoms. The molecule has 0 saturated carbocycles. The Morgan fingerprint density at radius 1 is 1.07 bits per heavy atom. The van der Waals surface area contributed by atoms with Crippen LogP contribution in [-0.4, -0.2) is 28.0 Å². The summed E-state index contributed by atoms with van der Waals surface area (Å²) in [6.45, 7) is 6.50. The molecule has 8 heteroatoms. The van der Waals surface area contributed by atoms with Gasteiger partial charge in [0.2, 0.25) is 5.91 Å². The van der Waals surface area contributed by atoms with E-state index in [2.05, 4.69) is 17.0 Å². The molecule has 0 fully saturated rings. The first-order valence-corrected chi connectivity index (χ1v) is 11.5. The highest BCUT2D eigenvalue weighted by molar-refractivity contribution is 7.92. The Balaban J connectivity index is 2.21. The van der Waals surface area contributed by atoms with Crippen LogP contribution in [0, 0.1) is 5.92 Å². The van der Waals surface area contributed by atoms with Gasteiger partial charge in [0.15, 0.2) is 0 Å². The fourth-order valence-corrected chi connectivity index (χ4v) is 4.34. The SMILES string of the molecule is CCCC(C)CC(=O)Nc1ccc(OC)c(S(=O)(=O)Nc2ccc(OCC)cc2)c1. The normalized spacial score (nSPS) is 12.1. The fourth-order valence-electron chi connectivity index (χ4n) is 3.08. The number of hydrogen-bond donors (Lipinski definition) is 2. The van der Waals surface area contributed by atoms with Crippen molar-refractivity contribution in [2.45, 2.75) is 44.9 Å². The van der Waals surface area contributed by atoms with E-state index in [1.54, 1.807) is 30.3 Å². The van der Waals surface area contributed by atoms with E-state index in [4.69, 9.17) is 9.47 Å². The van der Waals surface area contributed by atoms with Gasteiger partial charge in [0.25, 0.3) is 10.0 Å². The number of sulfonamides is 1. The Labute approximate surface area is 178 Å². The van der Waals surface area contributed by atoms with Crippen LogP contribution in [0.5, 0.6) is 11.5 Å². The van der Waals surface area contributed by atoms with Crippen molar-refractivity contribution in [3.63, 3.8) is 0 Å². The van der Waals surface area contributed by atoms with Crippen molar-refractivity contribution in [3.05, 3.63) is 42.5 Å². The first-order valence-electron chi connectivity index (χ1n) is 10.0. The van der Waals surface area contributed by atoms with Gasteiger partial charge in [0.1, 0.15) is 16.4 Å². The lowest BCUT2D eigenvalue weighted by atomic mass is 10.0. The maximum Gasteiger partial charge on any atom is 0.265 e. The third kappa shape index (κ3) is 6.66. The van der Waals surface area contributed by atoms with E-state index in [9.17, 15) is 13.2 Å². The van der Waals surface area contributed by atoms with E-state index in [-0.39, 0.29) is 22.5 Å². The van der Waals surface area contributed by atoms with Crippen molar-refractivity contribution in [1.82, 2.24) is 0 Å². The molecule has 2 rings (SSSR count). The largest absolute Gasteiger partial charge is 0.495 e. The first-order chi connectivity index (χ1) is 14.3. The molecule has 30 heavy (non-hydrogen) atoms. The third-order valence-corrected chi connectivity index (χ3v) is 5.87. The van der Waals surface area contributed by atoms with Crippen molar-refractivity contribution in [1.29, 1.82) is 0 Å². The van der Waals surface area contributed by atoms with Crippen LogP contribution in [0.2, 0.25) is 0 Å². The van der Waals surface area contributed by atoms with E-state index in [0.29, 0.717) is 30.2 Å². The topological polar surface area (TPSA) is 93.7 Å². The highest BCUT2D eigenvalue weighted by atomic mass is 32.2. The second-order valence-electron chi connectivity index (χ2n) is 7.07. The molecule has 7 nitrogen and oxygen atoms in total. The van der Waals surface area contributed by atoms with Crippen LogP contribution in [-0.2, 0) is 14.8 Å². The van der Waals surface area contributed by atoms with E-state index in [1.807, 2.05) is 13.8 Å². The number of methoxy groups -OCH3 is 1. The zero-order chi connectivity index (χ0) is 22.1. The molecule has 2 aromatic carbocycles. The van der Waals surface area contributed by atoms with E-state index in [1.165, 1.54) is 19.2 Å². The summed E-state index contributed by atoms with van der Waals surface area (Å²) in [5, 5.41) is 2.78. The lowest BCUT2D eigenvalue weighted by Crippen LogP contribution is -2.17. The number of carbonyl (C=O) groups excluding carboxylic acids is 1. The lowest BCUT2D eigenvalue weighted by Gasteiger charge is -2.15. The second kappa shape index (κ2) is 10.9. The van der Waals surface area contributed by atoms with Crippen molar-refractivity contribution < 1.29 is 22.7 Å². The highest BCUT2D eigenvalue weighted by Gasteiger charge is 2.21. The number of nitrogens with one attached hydrogen (secondary N) is 2. The summed E-state index contributed by atoms with van der Waals surface area (Å²) < 4.78 is 39.0. The lowest BCUT2D eigenvalue weighted by molar-refractivity contribution is -0.117. The van der Waals surface area contributed by atoms with Crippen LogP contribution < -0.4 is 19.5 Å². The van der Waals surface area contributed by atoms with Crippen LogP contribution in [0.1, 0.15) is 40.0 Å². The van der Waals surface area contributed by atoms with Crippen molar-refractivity contribution >= 4 is 27.3 Å². The van der Waals surface area contributed by atoms with E-state index >= 15 is 0 Å². The molecular weight excluding hydrogens is 404 g/mol.